The van der Waals surface area contributed by atoms with Gasteiger partial charge < -0.3 is 9.80 Å². The molecule has 0 bridgehead atoms. The lowest BCUT2D eigenvalue weighted by molar-refractivity contribution is 1.30. The third-order valence-electron chi connectivity index (χ3n) is 14.1. The molecule has 0 spiro atoms. The molecule has 0 unspecified atom stereocenters. The number of hydrogen-bond donors (Lipinski definition) is 0. The molecule has 2 aliphatic rings. The maximum absolute atomic E-state index is 2.42. The summed E-state index contributed by atoms with van der Waals surface area (Å²) >= 11 is 0. The van der Waals surface area contributed by atoms with Crippen LogP contribution in [0.1, 0.15) is 0 Å². The lowest BCUT2D eigenvalue weighted by Gasteiger charge is -2.27. The summed E-state index contributed by atoms with van der Waals surface area (Å²) in [6, 6.07) is 89.5. The van der Waals surface area contributed by atoms with Gasteiger partial charge in [-0.05, 0) is 161 Å². The minimum atomic E-state index is 1.13. The van der Waals surface area contributed by atoms with Crippen LogP contribution in [-0.2, 0) is 0 Å². The summed E-state index contributed by atoms with van der Waals surface area (Å²) in [5.74, 6) is 0. The summed E-state index contributed by atoms with van der Waals surface area (Å²) in [4.78, 5) is 4.83. The number of anilines is 6. The van der Waals surface area contributed by atoms with Gasteiger partial charge in [0.25, 0.3) is 0 Å². The van der Waals surface area contributed by atoms with Crippen molar-refractivity contribution in [2.24, 2.45) is 0 Å². The summed E-state index contributed by atoms with van der Waals surface area (Å²) in [5.41, 5.74) is 19.6. The minimum absolute atomic E-state index is 1.13. The third kappa shape index (κ3) is 5.55. The van der Waals surface area contributed by atoms with Gasteiger partial charge in [0.1, 0.15) is 0 Å². The van der Waals surface area contributed by atoms with Gasteiger partial charge in [0.15, 0.2) is 0 Å². The second-order valence-electron chi connectivity index (χ2n) is 17.6. The van der Waals surface area contributed by atoms with Crippen molar-refractivity contribution >= 4 is 77.2 Å². The number of para-hydroxylation sites is 2. The van der Waals surface area contributed by atoms with Crippen LogP contribution in [0.4, 0.5) is 34.1 Å². The van der Waals surface area contributed by atoms with Gasteiger partial charge >= 0.3 is 0 Å². The molecule has 0 N–H and O–H groups in total. The monoisotopic (exact) mass is 836 g/mol. The average molecular weight is 837 g/mol. The topological polar surface area (TPSA) is 6.48 Å². The summed E-state index contributed by atoms with van der Waals surface area (Å²) in [7, 11) is 0. The molecule has 306 valence electrons. The predicted octanol–water partition coefficient (Wildman–Crippen LogP) is 18.2. The molecule has 0 saturated carbocycles. The Kier molecular flexibility index (Phi) is 8.02. The largest absolute Gasteiger partial charge is 0.310 e. The van der Waals surface area contributed by atoms with Crippen molar-refractivity contribution in [3.05, 3.63) is 243 Å². The Balaban J connectivity index is 0.866. The predicted molar refractivity (Wildman–Crippen MR) is 280 cm³/mol. The van der Waals surface area contributed by atoms with Crippen LogP contribution in [0.2, 0.25) is 0 Å². The number of hydrogen-bond acceptors (Lipinski definition) is 2. The van der Waals surface area contributed by atoms with E-state index in [-0.39, 0.29) is 0 Å². The highest BCUT2D eigenvalue weighted by molar-refractivity contribution is 6.21. The summed E-state index contributed by atoms with van der Waals surface area (Å²) in [5, 5.41) is 10.0. The second kappa shape index (κ2) is 14.4. The number of nitrogens with zero attached hydrogens (tertiary/aromatic N) is 2. The van der Waals surface area contributed by atoms with E-state index in [0.717, 1.165) is 22.7 Å². The van der Waals surface area contributed by atoms with Gasteiger partial charge in [-0.3, -0.25) is 0 Å². The molecule has 2 heteroatoms. The Bertz CT molecular complexity index is 3680. The molecule has 0 radical (unpaired) electrons. The Morgan fingerprint density at radius 1 is 0.212 bits per heavy atom. The Morgan fingerprint density at radius 2 is 0.606 bits per heavy atom. The van der Waals surface area contributed by atoms with Crippen molar-refractivity contribution in [3.8, 4) is 55.6 Å². The molecule has 0 aliphatic heterocycles. The highest BCUT2D eigenvalue weighted by atomic mass is 15.1. The molecule has 14 rings (SSSR count). The summed E-state index contributed by atoms with van der Waals surface area (Å²) < 4.78 is 0. The van der Waals surface area contributed by atoms with Crippen LogP contribution in [0.3, 0.4) is 0 Å². The van der Waals surface area contributed by atoms with Crippen molar-refractivity contribution in [1.29, 1.82) is 0 Å². The van der Waals surface area contributed by atoms with Crippen LogP contribution in [-0.4, -0.2) is 0 Å². The van der Waals surface area contributed by atoms with E-state index in [1.165, 1.54) is 110 Å². The molecule has 0 atom stereocenters. The van der Waals surface area contributed by atoms with Crippen LogP contribution >= 0.6 is 0 Å². The molecule has 2 nitrogen and oxygen atoms in total. The first-order valence-electron chi connectivity index (χ1n) is 22.8. The van der Waals surface area contributed by atoms with Gasteiger partial charge in [-0.25, -0.2) is 0 Å². The van der Waals surface area contributed by atoms with E-state index < -0.39 is 0 Å². The molecular formula is C64H40N2. The standard InChI is InChI=1S/C64H40N2/c1-3-17-47(18-4-1)65(49-29-25-41-13-7-9-15-43(41)37-49)61-35-33-55-51-31-27-45(39-59(51)53-21-11-23-57(61)63(53)55)46-28-32-52-56-34-36-62(58-24-12-22-54(64(56)58)60(52)40-46)66(48-19-5-2-6-20-48)50-30-26-42-14-8-10-16-44(42)38-50/h1-40H. The molecule has 2 aliphatic carbocycles. The molecule has 0 amide bonds. The van der Waals surface area contributed by atoms with Gasteiger partial charge in [-0.1, -0.05) is 170 Å². The maximum Gasteiger partial charge on any atom is 0.0540 e. The first-order valence-corrected chi connectivity index (χ1v) is 22.8. The van der Waals surface area contributed by atoms with E-state index in [9.17, 15) is 0 Å². The third-order valence-corrected chi connectivity index (χ3v) is 14.1. The quantitative estimate of drug-likeness (QED) is 0.158. The van der Waals surface area contributed by atoms with Gasteiger partial charge in [-0.15, -0.1) is 0 Å². The Labute approximate surface area is 383 Å². The van der Waals surface area contributed by atoms with E-state index in [2.05, 4.69) is 252 Å². The zero-order chi connectivity index (χ0) is 43.3. The smallest absolute Gasteiger partial charge is 0.0540 e. The lowest BCUT2D eigenvalue weighted by Crippen LogP contribution is -2.10. The average Bonchev–Trinajstić information content (AvgIpc) is 3.89. The van der Waals surface area contributed by atoms with Crippen LogP contribution in [0.15, 0.2) is 243 Å². The molecule has 12 aromatic carbocycles. The minimum Gasteiger partial charge on any atom is -0.310 e. The van der Waals surface area contributed by atoms with E-state index in [4.69, 9.17) is 0 Å². The van der Waals surface area contributed by atoms with Crippen molar-refractivity contribution in [2.75, 3.05) is 9.80 Å². The van der Waals surface area contributed by atoms with E-state index in [1.807, 2.05) is 0 Å². The molecule has 0 saturated heterocycles. The fourth-order valence-corrected chi connectivity index (χ4v) is 11.1. The molecule has 0 heterocycles. The first-order chi connectivity index (χ1) is 32.7. The molecule has 0 fully saturated rings. The zero-order valence-corrected chi connectivity index (χ0v) is 36.0. The fourth-order valence-electron chi connectivity index (χ4n) is 11.1. The van der Waals surface area contributed by atoms with Gasteiger partial charge in [-0.2, -0.15) is 0 Å². The molecule has 12 aromatic rings. The SMILES string of the molecule is c1ccc(N(c2ccc3ccccc3c2)c2ccc3c4c(cccc24)-c2cc(-c4ccc5c(c4)-c4cccc6c(N(c7ccccc7)c7ccc8ccccc8c7)ccc-5c46)ccc2-3)cc1. The van der Waals surface area contributed by atoms with Crippen molar-refractivity contribution < 1.29 is 0 Å². The number of fused-ring (bicyclic) bond motifs is 8. The highest BCUT2D eigenvalue weighted by Crippen LogP contribution is 2.54. The van der Waals surface area contributed by atoms with E-state index in [1.54, 1.807) is 0 Å². The number of benzene rings is 12. The van der Waals surface area contributed by atoms with Crippen LogP contribution in [0.25, 0.3) is 98.7 Å². The maximum atomic E-state index is 2.42. The summed E-state index contributed by atoms with van der Waals surface area (Å²) in [6.45, 7) is 0. The van der Waals surface area contributed by atoms with Gasteiger partial charge in [0.05, 0.1) is 11.4 Å². The van der Waals surface area contributed by atoms with Crippen molar-refractivity contribution in [2.45, 2.75) is 0 Å². The van der Waals surface area contributed by atoms with E-state index >= 15 is 0 Å². The Hall–Kier alpha value is -8.72. The first kappa shape index (κ1) is 36.7. The van der Waals surface area contributed by atoms with Crippen LogP contribution in [0.5, 0.6) is 0 Å². The number of rotatable bonds is 7. The second-order valence-corrected chi connectivity index (χ2v) is 17.6. The van der Waals surface area contributed by atoms with Gasteiger partial charge in [0.2, 0.25) is 0 Å². The summed E-state index contributed by atoms with van der Waals surface area (Å²) in [6.07, 6.45) is 0. The highest BCUT2D eigenvalue weighted by Gasteiger charge is 2.28. The normalized spacial score (nSPS) is 11.9. The van der Waals surface area contributed by atoms with Crippen LogP contribution in [0, 0.1) is 0 Å². The fraction of sp³-hybridized carbons (Fsp3) is 0. The molecule has 0 aromatic heterocycles. The lowest BCUT2D eigenvalue weighted by atomic mass is 9.94. The molecule has 66 heavy (non-hydrogen) atoms. The molecular weight excluding hydrogens is 797 g/mol. The Morgan fingerprint density at radius 3 is 1.06 bits per heavy atom. The van der Waals surface area contributed by atoms with Crippen molar-refractivity contribution in [3.63, 3.8) is 0 Å². The van der Waals surface area contributed by atoms with Crippen LogP contribution < -0.4 is 9.80 Å². The zero-order valence-electron chi connectivity index (χ0n) is 36.0. The van der Waals surface area contributed by atoms with Crippen molar-refractivity contribution in [1.82, 2.24) is 0 Å². The van der Waals surface area contributed by atoms with E-state index in [0.29, 0.717) is 0 Å². The van der Waals surface area contributed by atoms with Gasteiger partial charge in [0, 0.05) is 33.5 Å².